The summed E-state index contributed by atoms with van der Waals surface area (Å²) in [5.74, 6) is -0.303. The van der Waals surface area contributed by atoms with Gasteiger partial charge in [-0.05, 0) is 76.6 Å². The van der Waals surface area contributed by atoms with Crippen LogP contribution in [-0.4, -0.2) is 42.1 Å². The first-order valence-corrected chi connectivity index (χ1v) is 16.6. The lowest BCUT2D eigenvalue weighted by molar-refractivity contribution is -0.151. The molecule has 6 rings (SSSR count). The number of rotatable bonds is 9. The summed E-state index contributed by atoms with van der Waals surface area (Å²) in [6, 6.07) is 21.8. The van der Waals surface area contributed by atoms with Gasteiger partial charge in [-0.3, -0.25) is 4.79 Å². The van der Waals surface area contributed by atoms with Crippen LogP contribution in [0.5, 0.6) is 5.75 Å². The van der Waals surface area contributed by atoms with Gasteiger partial charge in [0.15, 0.2) is 0 Å². The van der Waals surface area contributed by atoms with Crippen molar-refractivity contribution in [3.8, 4) is 5.75 Å². The molecular weight excluding hydrogens is 562 g/mol. The summed E-state index contributed by atoms with van der Waals surface area (Å²) in [5, 5.41) is 2.29. The maximum absolute atomic E-state index is 14.1. The number of esters is 1. The van der Waals surface area contributed by atoms with Crippen molar-refractivity contribution in [2.75, 3.05) is 18.6 Å². The minimum absolute atomic E-state index is 0.0691. The van der Waals surface area contributed by atoms with Gasteiger partial charge in [-0.15, -0.1) is 0 Å². The van der Waals surface area contributed by atoms with E-state index < -0.39 is 23.7 Å². The Morgan fingerprint density at radius 2 is 1.64 bits per heavy atom. The highest BCUT2D eigenvalue weighted by molar-refractivity contribution is 6.64. The Labute approximate surface area is 266 Å². The zero-order valence-corrected chi connectivity index (χ0v) is 27.0. The van der Waals surface area contributed by atoms with Gasteiger partial charge in [-0.2, -0.15) is 4.79 Å². The van der Waals surface area contributed by atoms with Crippen LogP contribution >= 0.6 is 0 Å². The Balaban J connectivity index is 1.30. The Morgan fingerprint density at radius 3 is 2.36 bits per heavy atom. The van der Waals surface area contributed by atoms with E-state index in [1.807, 2.05) is 12.1 Å². The zero-order valence-electron chi connectivity index (χ0n) is 27.0. The number of ether oxygens (including phenoxy) is 2. The summed E-state index contributed by atoms with van der Waals surface area (Å²) in [4.78, 5) is 32.9. The lowest BCUT2D eigenvalue weighted by Crippen LogP contribution is -2.44. The van der Waals surface area contributed by atoms with Crippen LogP contribution in [0.4, 0.5) is 5.69 Å². The number of hydrogen-bond acceptors (Lipinski definition) is 4. The normalized spacial score (nSPS) is 25.5. The molecule has 7 heteroatoms. The highest BCUT2D eigenvalue weighted by Gasteiger charge is 2.68. The highest BCUT2D eigenvalue weighted by Crippen LogP contribution is 2.72. The third-order valence-corrected chi connectivity index (χ3v) is 11.8. The molecule has 3 aromatic rings. The minimum atomic E-state index is -0.874. The summed E-state index contributed by atoms with van der Waals surface area (Å²) >= 11 is 0. The van der Waals surface area contributed by atoms with E-state index in [0.717, 1.165) is 48.4 Å². The van der Waals surface area contributed by atoms with Gasteiger partial charge < -0.3 is 19.9 Å². The second-order valence-corrected chi connectivity index (χ2v) is 14.1. The van der Waals surface area contributed by atoms with E-state index in [9.17, 15) is 15.1 Å². The van der Waals surface area contributed by atoms with Crippen molar-refractivity contribution < 1.29 is 23.9 Å². The van der Waals surface area contributed by atoms with Crippen LogP contribution in [0.25, 0.3) is 16.3 Å². The van der Waals surface area contributed by atoms with E-state index in [1.165, 1.54) is 19.3 Å². The Hall–Kier alpha value is -3.96. The van der Waals surface area contributed by atoms with Crippen molar-refractivity contribution in [2.45, 2.75) is 84.2 Å². The molecule has 0 spiro atoms. The van der Waals surface area contributed by atoms with Crippen LogP contribution in [0, 0.1) is 22.7 Å². The number of amides is 1. The predicted octanol–water partition coefficient (Wildman–Crippen LogP) is 7.97. The average molecular weight is 608 g/mol. The average Bonchev–Trinajstić information content (AvgIpc) is 3.38. The van der Waals surface area contributed by atoms with Gasteiger partial charge in [0.25, 0.3) is 0 Å². The maximum Gasteiger partial charge on any atom is 0.463 e. The lowest BCUT2D eigenvalue weighted by Gasteiger charge is -2.40. The molecule has 3 aliphatic rings. The van der Waals surface area contributed by atoms with Crippen molar-refractivity contribution >= 4 is 34.0 Å². The van der Waals surface area contributed by atoms with Gasteiger partial charge in [0.2, 0.25) is 0 Å². The molecule has 3 aliphatic carbocycles. The third kappa shape index (κ3) is 5.46. The molecule has 2 bridgehead atoms. The molecule has 3 aromatic carbocycles. The molecule has 0 aromatic heterocycles. The van der Waals surface area contributed by atoms with Crippen LogP contribution in [0.3, 0.4) is 0 Å². The first kappa shape index (κ1) is 31.0. The van der Waals surface area contributed by atoms with Gasteiger partial charge in [0, 0.05) is 24.1 Å². The van der Waals surface area contributed by atoms with Gasteiger partial charge in [-0.1, -0.05) is 95.3 Å². The molecule has 45 heavy (non-hydrogen) atoms. The number of benzene rings is 3. The summed E-state index contributed by atoms with van der Waals surface area (Å²) in [5.41, 5.74) is 11.1. The van der Waals surface area contributed by atoms with E-state index >= 15 is 0 Å². The number of fused-ring (bicyclic) bond motifs is 3. The quantitative estimate of drug-likeness (QED) is 0.0811. The summed E-state index contributed by atoms with van der Waals surface area (Å²) in [6.07, 6.45) is 8.24. The van der Waals surface area contributed by atoms with E-state index in [2.05, 4.69) is 55.9 Å². The fraction of sp³-hybridized carbons (Fsp3) is 0.500. The molecule has 0 N–H and O–H groups in total. The Morgan fingerprint density at radius 1 is 0.933 bits per heavy atom. The standard InChI is InChI=1S/C38H45N3O4/c1-37(2)31-21-23-38(37,3)32(30-16-10-14-26-13-8-9-15-29(26)30)34(31)45-36(43)33(40-39)35(42)41(24-22-25-11-6-5-7-12-25)27-17-19-28(44-4)20-18-27/h8-10,13-20,25,31-32,34H,5-7,11-12,21-24H2,1-4H3/t31-,32-,34-,38+/m1/s1. The van der Waals surface area contributed by atoms with E-state index in [1.54, 1.807) is 36.3 Å². The molecule has 0 aliphatic heterocycles. The molecule has 3 saturated carbocycles. The first-order chi connectivity index (χ1) is 21.7. The van der Waals surface area contributed by atoms with Gasteiger partial charge in [-0.25, -0.2) is 4.79 Å². The lowest BCUT2D eigenvalue weighted by atomic mass is 9.64. The van der Waals surface area contributed by atoms with Crippen LogP contribution in [0.2, 0.25) is 0 Å². The number of carbonyl (C=O) groups excluding carboxylic acids is 2. The van der Waals surface area contributed by atoms with Crippen LogP contribution in [-0.2, 0) is 14.3 Å². The zero-order chi connectivity index (χ0) is 31.8. The maximum atomic E-state index is 14.1. The molecule has 0 saturated heterocycles. The largest absolute Gasteiger partial charge is 0.497 e. The topological polar surface area (TPSA) is 92.2 Å². The number of nitrogens with zero attached hydrogens (tertiary/aromatic N) is 3. The Kier molecular flexibility index (Phi) is 8.58. The molecular formula is C38H45N3O4. The number of anilines is 1. The summed E-state index contributed by atoms with van der Waals surface area (Å²) in [7, 11) is 1.59. The Bertz CT molecular complexity index is 1610. The number of carbonyl (C=O) groups is 2. The molecule has 3 fully saturated rings. The second kappa shape index (κ2) is 12.4. The summed E-state index contributed by atoms with van der Waals surface area (Å²) in [6.45, 7) is 7.28. The highest BCUT2D eigenvalue weighted by atomic mass is 16.5. The third-order valence-electron chi connectivity index (χ3n) is 11.8. The van der Waals surface area contributed by atoms with Crippen LogP contribution in [0.15, 0.2) is 66.7 Å². The van der Waals surface area contributed by atoms with Crippen molar-refractivity contribution in [1.29, 1.82) is 0 Å². The van der Waals surface area contributed by atoms with Crippen molar-refractivity contribution in [2.24, 2.45) is 22.7 Å². The minimum Gasteiger partial charge on any atom is -0.497 e. The first-order valence-electron chi connectivity index (χ1n) is 16.6. The molecule has 0 heterocycles. The predicted molar refractivity (Wildman–Crippen MR) is 176 cm³/mol. The fourth-order valence-electron chi connectivity index (χ4n) is 8.86. The van der Waals surface area contributed by atoms with Crippen molar-refractivity contribution in [3.63, 3.8) is 0 Å². The summed E-state index contributed by atoms with van der Waals surface area (Å²) < 4.78 is 11.7. The fourth-order valence-corrected chi connectivity index (χ4v) is 8.86. The molecule has 0 unspecified atom stereocenters. The molecule has 1 amide bonds. The van der Waals surface area contributed by atoms with E-state index in [0.29, 0.717) is 23.9 Å². The van der Waals surface area contributed by atoms with E-state index in [-0.39, 0.29) is 22.7 Å². The number of methoxy groups -OCH3 is 1. The second-order valence-electron chi connectivity index (χ2n) is 14.1. The number of hydrogen-bond donors (Lipinski definition) is 0. The monoisotopic (exact) mass is 607 g/mol. The van der Waals surface area contributed by atoms with Gasteiger partial charge >= 0.3 is 17.6 Å². The molecule has 7 nitrogen and oxygen atoms in total. The van der Waals surface area contributed by atoms with Crippen molar-refractivity contribution in [3.05, 3.63) is 77.8 Å². The van der Waals surface area contributed by atoms with Gasteiger partial charge in [0.1, 0.15) is 11.9 Å². The van der Waals surface area contributed by atoms with E-state index in [4.69, 9.17) is 9.47 Å². The van der Waals surface area contributed by atoms with Crippen LogP contribution in [0.1, 0.15) is 83.6 Å². The van der Waals surface area contributed by atoms with Gasteiger partial charge in [0.05, 0.1) is 7.11 Å². The van der Waals surface area contributed by atoms with Crippen LogP contribution < -0.4 is 9.64 Å². The SMILES string of the molecule is COc1ccc(N(CCC2CCCCC2)C(=O)C(=[N+]=[N-])C(=O)O[C@@H]2[C@H]3CC[C@@](C)([C@@H]2c2cccc4ccccc24)C3(C)C)cc1. The molecule has 4 atom stereocenters. The molecule has 0 radical (unpaired) electrons. The smallest absolute Gasteiger partial charge is 0.463 e. The van der Waals surface area contributed by atoms with Crippen molar-refractivity contribution in [1.82, 2.24) is 0 Å². The molecule has 236 valence electrons.